The Hall–Kier alpha value is -3.77. The zero-order valence-electron chi connectivity index (χ0n) is 18.4. The summed E-state index contributed by atoms with van der Waals surface area (Å²) in [6.45, 7) is 0.512. The molecule has 0 saturated heterocycles. The minimum absolute atomic E-state index is 0.0588. The van der Waals surface area contributed by atoms with Gasteiger partial charge in [-0.15, -0.1) is 0 Å². The molecule has 3 aromatic rings. The van der Waals surface area contributed by atoms with E-state index in [4.69, 9.17) is 30.9 Å². The van der Waals surface area contributed by atoms with E-state index in [1.54, 1.807) is 0 Å². The fourth-order valence-electron chi connectivity index (χ4n) is 3.10. The predicted molar refractivity (Wildman–Crippen MR) is 117 cm³/mol. The molecule has 0 bridgehead atoms. The molecule has 1 heterocycles. The molecule has 0 aliphatic carbocycles. The maximum absolute atomic E-state index is 14.8. The Bertz CT molecular complexity index is 1400. The SMILES string of the molecule is COC(Oc1ccccc1Oc1cc(-n2c(=O)cc(C(C)(F)F)n(C)c2=O)c(F)cc1Cl)C(=O)O. The number of carboxylic acid groups (broad SMARTS) is 1. The third-order valence-corrected chi connectivity index (χ3v) is 5.03. The lowest BCUT2D eigenvalue weighted by Crippen LogP contribution is -2.41. The number of methoxy groups -OCH3 is 1. The van der Waals surface area contributed by atoms with E-state index < -0.39 is 46.6 Å². The fraction of sp³-hybridized carbons (Fsp3) is 0.227. The van der Waals surface area contributed by atoms with Gasteiger partial charge in [-0.1, -0.05) is 23.7 Å². The Labute approximate surface area is 200 Å². The van der Waals surface area contributed by atoms with Crippen LogP contribution in [0.1, 0.15) is 12.6 Å². The van der Waals surface area contributed by atoms with Gasteiger partial charge in [0.25, 0.3) is 17.8 Å². The highest BCUT2D eigenvalue weighted by Crippen LogP contribution is 2.37. The van der Waals surface area contributed by atoms with Gasteiger partial charge in [-0.2, -0.15) is 0 Å². The summed E-state index contributed by atoms with van der Waals surface area (Å²) in [4.78, 5) is 36.4. The molecule has 13 heteroatoms. The average Bonchev–Trinajstić information content (AvgIpc) is 2.77. The zero-order valence-corrected chi connectivity index (χ0v) is 19.2. The van der Waals surface area contributed by atoms with Gasteiger partial charge in [0.15, 0.2) is 11.5 Å². The number of carbonyl (C=O) groups is 1. The zero-order chi connectivity index (χ0) is 26.1. The van der Waals surface area contributed by atoms with Gasteiger partial charge in [0.2, 0.25) is 0 Å². The van der Waals surface area contributed by atoms with Crippen LogP contribution in [0.3, 0.4) is 0 Å². The van der Waals surface area contributed by atoms with Crippen LogP contribution in [0.15, 0.2) is 52.1 Å². The van der Waals surface area contributed by atoms with Gasteiger partial charge < -0.3 is 19.3 Å². The van der Waals surface area contributed by atoms with E-state index in [9.17, 15) is 27.6 Å². The van der Waals surface area contributed by atoms with E-state index in [2.05, 4.69) is 0 Å². The lowest BCUT2D eigenvalue weighted by atomic mass is 10.2. The molecular weight excluding hydrogens is 497 g/mol. The van der Waals surface area contributed by atoms with Crippen molar-refractivity contribution in [3.63, 3.8) is 0 Å². The van der Waals surface area contributed by atoms with E-state index in [0.29, 0.717) is 22.1 Å². The van der Waals surface area contributed by atoms with Crippen LogP contribution in [0.5, 0.6) is 17.2 Å². The molecular formula is C22H18ClF3N2O7. The van der Waals surface area contributed by atoms with Crippen molar-refractivity contribution in [1.29, 1.82) is 0 Å². The number of aliphatic carboxylic acids is 1. The van der Waals surface area contributed by atoms with Crippen molar-refractivity contribution in [2.45, 2.75) is 19.1 Å². The van der Waals surface area contributed by atoms with Gasteiger partial charge >= 0.3 is 11.7 Å². The third-order valence-electron chi connectivity index (χ3n) is 4.73. The molecule has 0 aliphatic rings. The normalized spacial score (nSPS) is 12.3. The molecule has 2 aromatic carbocycles. The van der Waals surface area contributed by atoms with Crippen molar-refractivity contribution in [1.82, 2.24) is 9.13 Å². The van der Waals surface area contributed by atoms with Crippen LogP contribution in [0, 0.1) is 5.82 Å². The average molecular weight is 515 g/mol. The number of halogens is 4. The Kier molecular flexibility index (Phi) is 7.27. The second-order valence-corrected chi connectivity index (χ2v) is 7.65. The largest absolute Gasteiger partial charge is 0.477 e. The van der Waals surface area contributed by atoms with Crippen LogP contribution in [0.2, 0.25) is 5.02 Å². The number of benzene rings is 2. The Balaban J connectivity index is 2.11. The molecule has 35 heavy (non-hydrogen) atoms. The molecule has 3 rings (SSSR count). The maximum Gasteiger partial charge on any atom is 0.373 e. The van der Waals surface area contributed by atoms with E-state index in [1.165, 1.54) is 24.3 Å². The van der Waals surface area contributed by atoms with Crippen molar-refractivity contribution in [2.24, 2.45) is 7.05 Å². The lowest BCUT2D eigenvalue weighted by molar-refractivity contribution is -0.166. The highest BCUT2D eigenvalue weighted by atomic mass is 35.5. The quantitative estimate of drug-likeness (QED) is 0.457. The summed E-state index contributed by atoms with van der Waals surface area (Å²) in [6, 6.07) is 8.00. The van der Waals surface area contributed by atoms with Crippen molar-refractivity contribution in [3.8, 4) is 22.9 Å². The van der Waals surface area contributed by atoms with E-state index in [-0.39, 0.29) is 22.3 Å². The second kappa shape index (κ2) is 9.84. The highest BCUT2D eigenvalue weighted by Gasteiger charge is 2.30. The van der Waals surface area contributed by atoms with Crippen LogP contribution >= 0.6 is 11.6 Å². The van der Waals surface area contributed by atoms with Crippen molar-refractivity contribution >= 4 is 17.6 Å². The number of aromatic nitrogens is 2. The monoisotopic (exact) mass is 514 g/mol. The number of alkyl halides is 2. The van der Waals surface area contributed by atoms with E-state index in [0.717, 1.165) is 26.3 Å². The number of nitrogens with zero attached hydrogens (tertiary/aromatic N) is 2. The summed E-state index contributed by atoms with van der Waals surface area (Å²) >= 11 is 6.08. The molecule has 0 fully saturated rings. The number of ether oxygens (including phenoxy) is 3. The summed E-state index contributed by atoms with van der Waals surface area (Å²) in [5, 5.41) is 8.86. The Morgan fingerprint density at radius 3 is 2.31 bits per heavy atom. The number of hydrogen-bond acceptors (Lipinski definition) is 6. The Morgan fingerprint density at radius 2 is 1.74 bits per heavy atom. The summed E-state index contributed by atoms with van der Waals surface area (Å²) in [5.74, 6) is -6.41. The summed E-state index contributed by atoms with van der Waals surface area (Å²) < 4.78 is 58.8. The number of rotatable bonds is 8. The smallest absolute Gasteiger partial charge is 0.373 e. The van der Waals surface area contributed by atoms with E-state index >= 15 is 0 Å². The predicted octanol–water partition coefficient (Wildman–Crippen LogP) is 3.67. The third kappa shape index (κ3) is 5.33. The molecule has 0 saturated carbocycles. The minimum Gasteiger partial charge on any atom is -0.477 e. The number of carboxylic acids is 1. The highest BCUT2D eigenvalue weighted by molar-refractivity contribution is 6.32. The first kappa shape index (κ1) is 25.8. The van der Waals surface area contributed by atoms with Gasteiger partial charge in [0.1, 0.15) is 11.6 Å². The van der Waals surface area contributed by atoms with Crippen LogP contribution in [-0.2, 0) is 22.5 Å². The standard InChI is InChI=1S/C22H18ClF3N2O7/c1-22(25,26)17-10-18(29)28(21(32)27(17)2)13-9-16(11(23)8-12(13)24)34-14-6-4-5-7-15(14)35-20(33-3)19(30)31/h4-10,20H,1-3H3,(H,30,31). The van der Waals surface area contributed by atoms with Gasteiger partial charge in [-0.05, 0) is 18.2 Å². The van der Waals surface area contributed by atoms with Crippen molar-refractivity contribution < 1.29 is 37.3 Å². The van der Waals surface area contributed by atoms with Crippen LogP contribution in [0.25, 0.3) is 5.69 Å². The molecule has 1 aromatic heterocycles. The Morgan fingerprint density at radius 1 is 1.11 bits per heavy atom. The minimum atomic E-state index is -3.50. The summed E-state index contributed by atoms with van der Waals surface area (Å²) in [7, 11) is 2.13. The number of hydrogen-bond donors (Lipinski definition) is 1. The van der Waals surface area contributed by atoms with Crippen LogP contribution < -0.4 is 20.7 Å². The molecule has 186 valence electrons. The van der Waals surface area contributed by atoms with Crippen LogP contribution in [-0.4, -0.2) is 33.6 Å². The molecule has 1 atom stereocenters. The lowest BCUT2D eigenvalue weighted by Gasteiger charge is -2.18. The first-order chi connectivity index (χ1) is 16.3. The fourth-order valence-corrected chi connectivity index (χ4v) is 3.29. The molecule has 1 unspecified atom stereocenters. The van der Waals surface area contributed by atoms with Gasteiger partial charge in [-0.3, -0.25) is 9.36 Å². The van der Waals surface area contributed by atoms with Crippen molar-refractivity contribution in [3.05, 3.63) is 79.8 Å². The van der Waals surface area contributed by atoms with Gasteiger partial charge in [0.05, 0.1) is 16.4 Å². The molecule has 0 aliphatic heterocycles. The van der Waals surface area contributed by atoms with Crippen molar-refractivity contribution in [2.75, 3.05) is 7.11 Å². The molecule has 0 radical (unpaired) electrons. The molecule has 9 nitrogen and oxygen atoms in total. The first-order valence-corrected chi connectivity index (χ1v) is 10.1. The summed E-state index contributed by atoms with van der Waals surface area (Å²) in [6.07, 6.45) is -1.67. The van der Waals surface area contributed by atoms with Gasteiger partial charge in [0, 0.05) is 33.2 Å². The summed E-state index contributed by atoms with van der Waals surface area (Å²) in [5.41, 5.74) is -3.90. The number of para-hydroxylation sites is 2. The second-order valence-electron chi connectivity index (χ2n) is 7.24. The van der Waals surface area contributed by atoms with E-state index in [1.807, 2.05) is 0 Å². The van der Waals surface area contributed by atoms with Crippen LogP contribution in [0.4, 0.5) is 13.2 Å². The molecule has 1 N–H and O–H groups in total. The van der Waals surface area contributed by atoms with Gasteiger partial charge in [-0.25, -0.2) is 27.3 Å². The molecule has 0 amide bonds. The molecule has 0 spiro atoms. The first-order valence-electron chi connectivity index (χ1n) is 9.75. The maximum atomic E-state index is 14.8. The topological polar surface area (TPSA) is 109 Å².